The molecule has 7 heteroatoms. The van der Waals surface area contributed by atoms with Crippen molar-refractivity contribution in [2.45, 2.75) is 19.8 Å². The highest BCUT2D eigenvalue weighted by molar-refractivity contribution is 5.54. The second-order valence-electron chi connectivity index (χ2n) is 3.95. The van der Waals surface area contributed by atoms with Crippen molar-refractivity contribution in [2.24, 2.45) is 7.05 Å². The molecule has 0 aromatic carbocycles. The fourth-order valence-corrected chi connectivity index (χ4v) is 1.72. The van der Waals surface area contributed by atoms with Crippen LogP contribution in [0.2, 0.25) is 0 Å². The molecule has 0 bridgehead atoms. The van der Waals surface area contributed by atoms with Crippen LogP contribution < -0.4 is 11.1 Å². The van der Waals surface area contributed by atoms with E-state index in [2.05, 4.69) is 25.4 Å². The molecular formula is C11H17N7. The molecule has 0 aliphatic carbocycles. The predicted octanol–water partition coefficient (Wildman–Crippen LogP) is 0.404. The van der Waals surface area contributed by atoms with Crippen LogP contribution in [0.3, 0.4) is 0 Å². The molecule has 96 valence electrons. The Morgan fingerprint density at radius 2 is 2.17 bits per heavy atom. The van der Waals surface area contributed by atoms with Gasteiger partial charge < -0.3 is 11.1 Å². The van der Waals surface area contributed by atoms with Gasteiger partial charge in [0.1, 0.15) is 24.3 Å². The van der Waals surface area contributed by atoms with Crippen molar-refractivity contribution in [3.8, 4) is 0 Å². The smallest absolute Gasteiger partial charge is 0.152 e. The van der Waals surface area contributed by atoms with Gasteiger partial charge in [0.15, 0.2) is 5.82 Å². The Hall–Kier alpha value is -2.18. The van der Waals surface area contributed by atoms with Gasteiger partial charge in [-0.3, -0.25) is 4.68 Å². The molecule has 0 fully saturated rings. The van der Waals surface area contributed by atoms with Crippen LogP contribution in [0.5, 0.6) is 0 Å². The maximum Gasteiger partial charge on any atom is 0.152 e. The number of nitrogens with one attached hydrogen (secondary N) is 1. The summed E-state index contributed by atoms with van der Waals surface area (Å²) in [6.07, 6.45) is 4.70. The summed E-state index contributed by atoms with van der Waals surface area (Å²) in [4.78, 5) is 12.3. The standard InChI is InChI=1S/C11H17N7/c1-3-8-10(12)14-6-15-11(8)13-5-4-9-16-7-18(2)17-9/h6-7H,3-5H2,1-2H3,(H3,12,13,14,15). The monoisotopic (exact) mass is 247 g/mol. The zero-order valence-corrected chi connectivity index (χ0v) is 10.6. The number of nitrogens with two attached hydrogens (primary N) is 1. The van der Waals surface area contributed by atoms with Crippen molar-refractivity contribution in [2.75, 3.05) is 17.6 Å². The first kappa shape index (κ1) is 12.3. The van der Waals surface area contributed by atoms with Crippen molar-refractivity contribution in [3.05, 3.63) is 24.0 Å². The van der Waals surface area contributed by atoms with Gasteiger partial charge in [0.05, 0.1) is 0 Å². The molecular weight excluding hydrogens is 230 g/mol. The van der Waals surface area contributed by atoms with Crippen LogP contribution in [-0.2, 0) is 19.9 Å². The average molecular weight is 247 g/mol. The second kappa shape index (κ2) is 5.44. The Bertz CT molecular complexity index is 520. The molecule has 18 heavy (non-hydrogen) atoms. The lowest BCUT2D eigenvalue weighted by molar-refractivity contribution is 0.741. The third-order valence-corrected chi connectivity index (χ3v) is 2.62. The molecule has 0 atom stereocenters. The largest absolute Gasteiger partial charge is 0.383 e. The van der Waals surface area contributed by atoms with Gasteiger partial charge in [0.2, 0.25) is 0 Å². The van der Waals surface area contributed by atoms with Crippen molar-refractivity contribution in [1.29, 1.82) is 0 Å². The van der Waals surface area contributed by atoms with Crippen molar-refractivity contribution >= 4 is 11.6 Å². The van der Waals surface area contributed by atoms with Crippen molar-refractivity contribution in [1.82, 2.24) is 24.7 Å². The summed E-state index contributed by atoms with van der Waals surface area (Å²) in [7, 11) is 1.85. The summed E-state index contributed by atoms with van der Waals surface area (Å²) in [6.45, 7) is 2.74. The minimum absolute atomic E-state index is 0.533. The summed E-state index contributed by atoms with van der Waals surface area (Å²) in [5, 5.41) is 7.45. The number of aryl methyl sites for hydroxylation is 1. The SMILES string of the molecule is CCc1c(N)ncnc1NCCc1ncn(C)n1. The molecule has 0 saturated carbocycles. The number of hydrogen-bond acceptors (Lipinski definition) is 6. The minimum atomic E-state index is 0.533. The first-order chi connectivity index (χ1) is 8.70. The van der Waals surface area contributed by atoms with E-state index < -0.39 is 0 Å². The molecule has 0 saturated heterocycles. The molecule has 2 rings (SSSR count). The van der Waals surface area contributed by atoms with Gasteiger partial charge in [0, 0.05) is 25.6 Å². The molecule has 2 aromatic rings. The fourth-order valence-electron chi connectivity index (χ4n) is 1.72. The Morgan fingerprint density at radius 3 is 2.83 bits per heavy atom. The van der Waals surface area contributed by atoms with Crippen LogP contribution in [0, 0.1) is 0 Å². The van der Waals surface area contributed by atoms with Crippen LogP contribution in [0.15, 0.2) is 12.7 Å². The topological polar surface area (TPSA) is 94.5 Å². The zero-order chi connectivity index (χ0) is 13.0. The molecule has 0 spiro atoms. The molecule has 0 amide bonds. The van der Waals surface area contributed by atoms with Crippen LogP contribution in [-0.4, -0.2) is 31.3 Å². The molecule has 0 radical (unpaired) electrons. The maximum absolute atomic E-state index is 5.80. The lowest BCUT2D eigenvalue weighted by atomic mass is 10.2. The van der Waals surface area contributed by atoms with E-state index in [-0.39, 0.29) is 0 Å². The third kappa shape index (κ3) is 2.73. The van der Waals surface area contributed by atoms with E-state index >= 15 is 0 Å². The quantitative estimate of drug-likeness (QED) is 0.794. The highest BCUT2D eigenvalue weighted by Crippen LogP contribution is 2.17. The molecule has 2 aromatic heterocycles. The Kier molecular flexibility index (Phi) is 3.71. The lowest BCUT2D eigenvalue weighted by Gasteiger charge is -2.09. The van der Waals surface area contributed by atoms with E-state index in [1.54, 1.807) is 11.0 Å². The summed E-state index contributed by atoms with van der Waals surface area (Å²) in [6, 6.07) is 0. The number of rotatable bonds is 5. The van der Waals surface area contributed by atoms with Gasteiger partial charge in [-0.05, 0) is 6.42 Å². The summed E-state index contributed by atoms with van der Waals surface area (Å²) < 4.78 is 1.69. The Labute approximate surface area is 105 Å². The van der Waals surface area contributed by atoms with E-state index in [1.807, 2.05) is 14.0 Å². The van der Waals surface area contributed by atoms with E-state index in [1.165, 1.54) is 6.33 Å². The van der Waals surface area contributed by atoms with Gasteiger partial charge in [-0.2, -0.15) is 5.10 Å². The van der Waals surface area contributed by atoms with E-state index in [0.717, 1.165) is 30.0 Å². The summed E-state index contributed by atoms with van der Waals surface area (Å²) >= 11 is 0. The number of nitrogens with zero attached hydrogens (tertiary/aromatic N) is 5. The zero-order valence-electron chi connectivity index (χ0n) is 10.6. The average Bonchev–Trinajstić information content (AvgIpc) is 2.75. The minimum Gasteiger partial charge on any atom is -0.383 e. The van der Waals surface area contributed by atoms with Crippen LogP contribution in [0.4, 0.5) is 11.6 Å². The molecule has 2 heterocycles. The number of aromatic nitrogens is 5. The second-order valence-corrected chi connectivity index (χ2v) is 3.95. The van der Waals surface area contributed by atoms with Gasteiger partial charge in [0.25, 0.3) is 0 Å². The van der Waals surface area contributed by atoms with E-state index in [4.69, 9.17) is 5.73 Å². The van der Waals surface area contributed by atoms with E-state index in [9.17, 15) is 0 Å². The van der Waals surface area contributed by atoms with Crippen molar-refractivity contribution in [3.63, 3.8) is 0 Å². The molecule has 3 N–H and O–H groups in total. The van der Waals surface area contributed by atoms with Gasteiger partial charge >= 0.3 is 0 Å². The highest BCUT2D eigenvalue weighted by atomic mass is 15.3. The molecule has 0 aliphatic heterocycles. The Balaban J connectivity index is 1.96. The van der Waals surface area contributed by atoms with Crippen molar-refractivity contribution < 1.29 is 0 Å². The molecule has 0 unspecified atom stereocenters. The van der Waals surface area contributed by atoms with Crippen LogP contribution in [0.25, 0.3) is 0 Å². The van der Waals surface area contributed by atoms with Gasteiger partial charge in [-0.15, -0.1) is 0 Å². The predicted molar refractivity (Wildman–Crippen MR) is 69.0 cm³/mol. The fraction of sp³-hybridized carbons (Fsp3) is 0.455. The molecule has 0 aliphatic rings. The van der Waals surface area contributed by atoms with Crippen LogP contribution in [0.1, 0.15) is 18.3 Å². The first-order valence-corrected chi connectivity index (χ1v) is 5.88. The van der Waals surface area contributed by atoms with Crippen LogP contribution >= 0.6 is 0 Å². The first-order valence-electron chi connectivity index (χ1n) is 5.88. The Morgan fingerprint density at radius 1 is 1.33 bits per heavy atom. The number of anilines is 2. The summed E-state index contributed by atoms with van der Waals surface area (Å²) in [5.74, 6) is 2.14. The third-order valence-electron chi connectivity index (χ3n) is 2.62. The normalized spacial score (nSPS) is 10.6. The maximum atomic E-state index is 5.80. The summed E-state index contributed by atoms with van der Waals surface area (Å²) in [5.41, 5.74) is 6.75. The van der Waals surface area contributed by atoms with E-state index in [0.29, 0.717) is 12.4 Å². The van der Waals surface area contributed by atoms with Gasteiger partial charge in [-0.1, -0.05) is 6.92 Å². The number of hydrogen-bond donors (Lipinski definition) is 2. The molecule has 7 nitrogen and oxygen atoms in total. The highest BCUT2D eigenvalue weighted by Gasteiger charge is 2.07. The lowest BCUT2D eigenvalue weighted by Crippen LogP contribution is -2.11. The van der Waals surface area contributed by atoms with Gasteiger partial charge in [-0.25, -0.2) is 15.0 Å². The number of nitrogen functional groups attached to an aromatic ring is 1.